The Morgan fingerprint density at radius 3 is 1.79 bits per heavy atom. The molecule has 0 bridgehead atoms. The lowest BCUT2D eigenvalue weighted by Crippen LogP contribution is -2.42. The first-order chi connectivity index (χ1) is 13.5. The van der Waals surface area contributed by atoms with Crippen molar-refractivity contribution in [3.8, 4) is 0 Å². The van der Waals surface area contributed by atoms with Crippen LogP contribution in [0.1, 0.15) is 50.5 Å². The molecule has 2 N–H and O–H groups in total. The highest BCUT2D eigenvalue weighted by atomic mass is 16.5. The average Bonchev–Trinajstić information content (AvgIpc) is 2.67. The quantitative estimate of drug-likeness (QED) is 0.580. The fourth-order valence-electron chi connectivity index (χ4n) is 2.79. The van der Waals surface area contributed by atoms with Gasteiger partial charge in [-0.25, -0.2) is 4.79 Å². The molecule has 6 nitrogen and oxygen atoms in total. The minimum absolute atomic E-state index is 0.171. The third kappa shape index (κ3) is 5.02. The van der Waals surface area contributed by atoms with Crippen molar-refractivity contribution in [2.75, 3.05) is 17.7 Å². The van der Waals surface area contributed by atoms with Crippen LogP contribution >= 0.6 is 0 Å². The summed E-state index contributed by atoms with van der Waals surface area (Å²) in [5.41, 5.74) is 0.601. The highest BCUT2D eigenvalue weighted by Gasteiger charge is 2.37. The number of amides is 2. The molecule has 2 aromatic rings. The molecule has 0 aromatic heterocycles. The monoisotopic (exact) mass is 396 g/mol. The number of carbonyl (C=O) groups is 3. The van der Waals surface area contributed by atoms with E-state index in [2.05, 4.69) is 31.4 Å². The van der Waals surface area contributed by atoms with Gasteiger partial charge in [-0.1, -0.05) is 51.1 Å². The summed E-state index contributed by atoms with van der Waals surface area (Å²) in [6.45, 7) is 9.25. The molecule has 0 radical (unpaired) electrons. The van der Waals surface area contributed by atoms with Gasteiger partial charge in [-0.05, 0) is 43.0 Å². The van der Waals surface area contributed by atoms with E-state index in [1.54, 1.807) is 24.3 Å². The molecule has 2 aromatic carbocycles. The summed E-state index contributed by atoms with van der Waals surface area (Å²) >= 11 is 0. The van der Waals surface area contributed by atoms with E-state index in [1.165, 1.54) is 21.0 Å². The van der Waals surface area contributed by atoms with Gasteiger partial charge in [0.1, 0.15) is 5.41 Å². The average molecular weight is 396 g/mol. The number of hydrogen-bond donors (Lipinski definition) is 2. The van der Waals surface area contributed by atoms with Crippen molar-refractivity contribution < 1.29 is 19.1 Å². The molecule has 0 aliphatic heterocycles. The molecule has 0 heterocycles. The van der Waals surface area contributed by atoms with Crippen molar-refractivity contribution >= 4 is 29.2 Å². The Bertz CT molecular complexity index is 926. The molecule has 0 spiro atoms. The molecule has 0 saturated carbocycles. The van der Waals surface area contributed by atoms with Crippen molar-refractivity contribution in [2.45, 2.75) is 40.0 Å². The van der Waals surface area contributed by atoms with E-state index in [1.807, 2.05) is 24.3 Å². The van der Waals surface area contributed by atoms with E-state index >= 15 is 0 Å². The maximum Gasteiger partial charge on any atom is 0.339 e. The van der Waals surface area contributed by atoms with Gasteiger partial charge in [0.15, 0.2) is 0 Å². The fourth-order valence-corrected chi connectivity index (χ4v) is 2.79. The van der Waals surface area contributed by atoms with Gasteiger partial charge >= 0.3 is 5.97 Å². The van der Waals surface area contributed by atoms with Gasteiger partial charge in [0.25, 0.3) is 0 Å². The Balaban J connectivity index is 2.24. The van der Waals surface area contributed by atoms with Crippen LogP contribution in [0.2, 0.25) is 0 Å². The number of methoxy groups -OCH3 is 1. The van der Waals surface area contributed by atoms with Gasteiger partial charge in [0.2, 0.25) is 11.8 Å². The zero-order valence-electron chi connectivity index (χ0n) is 17.8. The van der Waals surface area contributed by atoms with Crippen LogP contribution in [-0.4, -0.2) is 24.9 Å². The molecule has 2 rings (SSSR count). The second-order valence-electron chi connectivity index (χ2n) is 8.37. The second-order valence-corrected chi connectivity index (χ2v) is 8.37. The predicted molar refractivity (Wildman–Crippen MR) is 114 cm³/mol. The second kappa shape index (κ2) is 8.47. The zero-order valence-corrected chi connectivity index (χ0v) is 17.8. The first-order valence-corrected chi connectivity index (χ1v) is 9.38. The molecular formula is C23H28N2O4. The van der Waals surface area contributed by atoms with Crippen LogP contribution in [-0.2, 0) is 19.7 Å². The Hall–Kier alpha value is -3.15. The van der Waals surface area contributed by atoms with Gasteiger partial charge in [-0.2, -0.15) is 0 Å². The molecule has 0 aliphatic carbocycles. The number of para-hydroxylation sites is 2. The lowest BCUT2D eigenvalue weighted by molar-refractivity contribution is -0.135. The molecule has 29 heavy (non-hydrogen) atoms. The minimum atomic E-state index is -1.38. The van der Waals surface area contributed by atoms with Gasteiger partial charge in [-0.15, -0.1) is 0 Å². The summed E-state index contributed by atoms with van der Waals surface area (Å²) in [7, 11) is 1.27. The molecule has 0 saturated heterocycles. The molecule has 0 unspecified atom stereocenters. The fraction of sp³-hybridized carbons (Fsp3) is 0.348. The summed E-state index contributed by atoms with van der Waals surface area (Å²) in [6.07, 6.45) is 0. The number of rotatable bonds is 5. The Morgan fingerprint density at radius 1 is 0.759 bits per heavy atom. The highest BCUT2D eigenvalue weighted by Crippen LogP contribution is 2.31. The molecule has 0 aliphatic rings. The molecule has 0 fully saturated rings. The lowest BCUT2D eigenvalue weighted by atomic mass is 9.85. The Morgan fingerprint density at radius 2 is 1.24 bits per heavy atom. The number of nitrogens with one attached hydrogen (secondary N) is 2. The third-order valence-corrected chi connectivity index (χ3v) is 4.70. The maximum atomic E-state index is 13.0. The number of ether oxygens (including phenoxy) is 1. The van der Waals surface area contributed by atoms with Crippen LogP contribution in [0, 0.1) is 5.41 Å². The van der Waals surface area contributed by atoms with E-state index in [0.717, 1.165) is 5.56 Å². The van der Waals surface area contributed by atoms with Crippen molar-refractivity contribution in [3.63, 3.8) is 0 Å². The van der Waals surface area contributed by atoms with Gasteiger partial charge in [0, 0.05) is 5.69 Å². The van der Waals surface area contributed by atoms with Gasteiger partial charge < -0.3 is 15.4 Å². The normalized spacial score (nSPS) is 11.5. The summed E-state index contributed by atoms with van der Waals surface area (Å²) in [6, 6.07) is 14.0. The van der Waals surface area contributed by atoms with E-state index in [9.17, 15) is 14.4 Å². The molecular weight excluding hydrogens is 368 g/mol. The van der Waals surface area contributed by atoms with E-state index in [4.69, 9.17) is 4.74 Å². The summed E-state index contributed by atoms with van der Waals surface area (Å²) in [5.74, 6) is -1.54. The topological polar surface area (TPSA) is 84.5 Å². The molecule has 6 heteroatoms. The summed E-state index contributed by atoms with van der Waals surface area (Å²) in [4.78, 5) is 37.8. The minimum Gasteiger partial charge on any atom is -0.465 e. The summed E-state index contributed by atoms with van der Waals surface area (Å²) < 4.78 is 4.75. The first kappa shape index (κ1) is 22.1. The van der Waals surface area contributed by atoms with Crippen LogP contribution in [0.15, 0.2) is 48.5 Å². The SMILES string of the molecule is COC(=O)c1ccccc1NC(=O)C(C)(C)C(=O)Nc1ccccc1C(C)(C)C. The lowest BCUT2D eigenvalue weighted by Gasteiger charge is -2.27. The number of benzene rings is 2. The van der Waals surface area contributed by atoms with Crippen molar-refractivity contribution in [1.82, 2.24) is 0 Å². The number of carbonyl (C=O) groups excluding carboxylic acids is 3. The van der Waals surface area contributed by atoms with Crippen LogP contribution in [0.25, 0.3) is 0 Å². The van der Waals surface area contributed by atoms with E-state index < -0.39 is 23.2 Å². The number of anilines is 2. The van der Waals surface area contributed by atoms with E-state index in [-0.39, 0.29) is 11.0 Å². The van der Waals surface area contributed by atoms with Crippen LogP contribution in [0.4, 0.5) is 11.4 Å². The number of hydrogen-bond acceptors (Lipinski definition) is 4. The smallest absolute Gasteiger partial charge is 0.339 e. The van der Waals surface area contributed by atoms with Crippen molar-refractivity contribution in [3.05, 3.63) is 59.7 Å². The standard InChI is InChI=1S/C23H28N2O4/c1-22(2,3)16-12-8-10-14-18(16)25-21(28)23(4,5)20(27)24-17-13-9-7-11-15(17)19(26)29-6/h7-14H,1-6H3,(H,24,27)(H,25,28). The largest absolute Gasteiger partial charge is 0.465 e. The van der Waals surface area contributed by atoms with Crippen LogP contribution < -0.4 is 10.6 Å². The molecule has 154 valence electrons. The third-order valence-electron chi connectivity index (χ3n) is 4.70. The van der Waals surface area contributed by atoms with Crippen molar-refractivity contribution in [1.29, 1.82) is 0 Å². The van der Waals surface area contributed by atoms with Crippen LogP contribution in [0.3, 0.4) is 0 Å². The van der Waals surface area contributed by atoms with Crippen LogP contribution in [0.5, 0.6) is 0 Å². The maximum absolute atomic E-state index is 13.0. The predicted octanol–water partition coefficient (Wildman–Crippen LogP) is 4.37. The Labute approximate surface area is 171 Å². The highest BCUT2D eigenvalue weighted by molar-refractivity contribution is 6.15. The zero-order chi connectivity index (χ0) is 21.8. The number of esters is 1. The summed E-state index contributed by atoms with van der Waals surface area (Å²) in [5, 5.41) is 5.56. The van der Waals surface area contributed by atoms with Gasteiger partial charge in [0.05, 0.1) is 18.4 Å². The van der Waals surface area contributed by atoms with Gasteiger partial charge in [-0.3, -0.25) is 9.59 Å². The van der Waals surface area contributed by atoms with E-state index in [0.29, 0.717) is 11.4 Å². The molecule has 0 atom stereocenters. The van der Waals surface area contributed by atoms with Crippen molar-refractivity contribution in [2.24, 2.45) is 5.41 Å². The Kier molecular flexibility index (Phi) is 6.47. The molecule has 2 amide bonds. The first-order valence-electron chi connectivity index (χ1n) is 9.38.